The van der Waals surface area contributed by atoms with Gasteiger partial charge in [-0.1, -0.05) is 23.5 Å². The summed E-state index contributed by atoms with van der Waals surface area (Å²) < 4.78 is 19.0. The summed E-state index contributed by atoms with van der Waals surface area (Å²) in [6, 6.07) is 3.37. The molecule has 152 valence electrons. The first-order valence-electron chi connectivity index (χ1n) is 9.65. The molecule has 1 saturated carbocycles. The number of nitrogens with zero attached hydrogens (tertiary/aromatic N) is 6. The van der Waals surface area contributed by atoms with Crippen LogP contribution in [0, 0.1) is 12.7 Å². The summed E-state index contributed by atoms with van der Waals surface area (Å²) in [7, 11) is 1.83. The van der Waals surface area contributed by atoms with Crippen molar-refractivity contribution in [2.75, 3.05) is 30.8 Å². The number of aryl methyl sites for hydroxylation is 1. The molecule has 3 heterocycles. The van der Waals surface area contributed by atoms with Crippen LogP contribution in [0.25, 0.3) is 22.3 Å². The molecule has 0 radical (unpaired) electrons. The zero-order chi connectivity index (χ0) is 20.3. The van der Waals surface area contributed by atoms with E-state index >= 15 is 0 Å². The largest absolute Gasteiger partial charge is 0.338 e. The van der Waals surface area contributed by atoms with E-state index < -0.39 is 0 Å². The second-order valence-corrected chi connectivity index (χ2v) is 9.06. The van der Waals surface area contributed by atoms with Crippen LogP contribution in [0.3, 0.4) is 0 Å². The standard InChI is InChI=1S/C20H22ClFN6S/c1-12-15(21)5-4-13(16(12)22)17-14-10-23-19(24-18(14)26(2)25-17)27-8-9-28(29-3)20(11-27)6-7-20/h4-5,10H,6-9,11H2,1-3H3. The molecule has 3 aromatic rings. The predicted octanol–water partition coefficient (Wildman–Crippen LogP) is 4.06. The third-order valence-corrected chi connectivity index (χ3v) is 7.48. The van der Waals surface area contributed by atoms with Crippen molar-refractivity contribution < 1.29 is 4.39 Å². The van der Waals surface area contributed by atoms with Gasteiger partial charge in [0.25, 0.3) is 0 Å². The Hall–Kier alpha value is -1.90. The first-order chi connectivity index (χ1) is 13.9. The second kappa shape index (κ2) is 6.82. The summed E-state index contributed by atoms with van der Waals surface area (Å²) in [5.74, 6) is 0.359. The first-order valence-corrected chi connectivity index (χ1v) is 11.2. The fourth-order valence-electron chi connectivity index (χ4n) is 4.19. The lowest BCUT2D eigenvalue weighted by Crippen LogP contribution is -2.52. The smallest absolute Gasteiger partial charge is 0.227 e. The lowest BCUT2D eigenvalue weighted by molar-refractivity contribution is 0.295. The minimum Gasteiger partial charge on any atom is -0.338 e. The predicted molar refractivity (Wildman–Crippen MR) is 116 cm³/mol. The molecule has 29 heavy (non-hydrogen) atoms. The van der Waals surface area contributed by atoms with Crippen LogP contribution < -0.4 is 4.90 Å². The van der Waals surface area contributed by atoms with Gasteiger partial charge in [-0.3, -0.25) is 0 Å². The van der Waals surface area contributed by atoms with E-state index in [1.54, 1.807) is 29.9 Å². The molecular formula is C20H22ClFN6S. The summed E-state index contributed by atoms with van der Waals surface area (Å²) in [6.07, 6.45) is 6.35. The van der Waals surface area contributed by atoms with Gasteiger partial charge in [-0.15, -0.1) is 0 Å². The Kier molecular flexibility index (Phi) is 4.49. The second-order valence-electron chi connectivity index (χ2n) is 7.84. The van der Waals surface area contributed by atoms with Crippen LogP contribution >= 0.6 is 23.5 Å². The van der Waals surface area contributed by atoms with Crippen LogP contribution in [-0.2, 0) is 7.05 Å². The van der Waals surface area contributed by atoms with Crippen LogP contribution in [0.1, 0.15) is 18.4 Å². The maximum absolute atomic E-state index is 14.8. The minimum absolute atomic E-state index is 0.261. The fraction of sp³-hybridized carbons (Fsp3) is 0.450. The van der Waals surface area contributed by atoms with E-state index in [-0.39, 0.29) is 11.4 Å². The number of aromatic nitrogens is 4. The summed E-state index contributed by atoms with van der Waals surface area (Å²) in [5.41, 5.74) is 2.34. The van der Waals surface area contributed by atoms with Gasteiger partial charge in [0.15, 0.2) is 5.65 Å². The molecule has 0 amide bonds. The van der Waals surface area contributed by atoms with Crippen molar-refractivity contribution in [1.29, 1.82) is 0 Å². The Morgan fingerprint density at radius 3 is 2.76 bits per heavy atom. The van der Waals surface area contributed by atoms with Crippen LogP contribution in [-0.4, -0.2) is 55.5 Å². The van der Waals surface area contributed by atoms with Crippen molar-refractivity contribution >= 4 is 40.5 Å². The minimum atomic E-state index is -0.356. The number of hydrogen-bond acceptors (Lipinski definition) is 6. The molecule has 0 atom stereocenters. The SMILES string of the molecule is CSN1CCN(c2ncc3c(-c4ccc(Cl)c(C)c4F)nn(C)c3n2)CC12CC2. The molecule has 2 aliphatic rings. The molecule has 1 spiro atoms. The summed E-state index contributed by atoms with van der Waals surface area (Å²) in [5, 5.41) is 5.69. The van der Waals surface area contributed by atoms with E-state index in [0.717, 1.165) is 25.0 Å². The van der Waals surface area contributed by atoms with Crippen molar-refractivity contribution in [1.82, 2.24) is 24.1 Å². The highest BCUT2D eigenvalue weighted by molar-refractivity contribution is 7.96. The maximum atomic E-state index is 14.8. The topological polar surface area (TPSA) is 50.1 Å². The van der Waals surface area contributed by atoms with E-state index in [9.17, 15) is 4.39 Å². The quantitative estimate of drug-likeness (QED) is 0.581. The van der Waals surface area contributed by atoms with Crippen LogP contribution in [0.2, 0.25) is 5.02 Å². The van der Waals surface area contributed by atoms with Gasteiger partial charge in [0, 0.05) is 54.6 Å². The average molecular weight is 433 g/mol. The Balaban J connectivity index is 1.53. The van der Waals surface area contributed by atoms with Crippen molar-refractivity contribution in [3.8, 4) is 11.3 Å². The Labute approximate surface area is 178 Å². The van der Waals surface area contributed by atoms with Crippen molar-refractivity contribution in [2.45, 2.75) is 25.3 Å². The Morgan fingerprint density at radius 2 is 2.03 bits per heavy atom. The number of fused-ring (bicyclic) bond motifs is 1. The van der Waals surface area contributed by atoms with E-state index in [0.29, 0.717) is 33.4 Å². The van der Waals surface area contributed by atoms with Gasteiger partial charge in [-0.2, -0.15) is 10.1 Å². The van der Waals surface area contributed by atoms with Crippen molar-refractivity contribution in [3.63, 3.8) is 0 Å². The molecule has 1 aliphatic carbocycles. The number of benzene rings is 1. The lowest BCUT2D eigenvalue weighted by Gasteiger charge is -2.40. The maximum Gasteiger partial charge on any atom is 0.227 e. The van der Waals surface area contributed by atoms with E-state index in [2.05, 4.69) is 25.5 Å². The monoisotopic (exact) mass is 432 g/mol. The Morgan fingerprint density at radius 1 is 1.24 bits per heavy atom. The highest BCUT2D eigenvalue weighted by atomic mass is 35.5. The zero-order valence-corrected chi connectivity index (χ0v) is 18.2. The van der Waals surface area contributed by atoms with Crippen LogP contribution in [0.5, 0.6) is 0 Å². The van der Waals surface area contributed by atoms with Crippen LogP contribution in [0.15, 0.2) is 18.3 Å². The van der Waals surface area contributed by atoms with Gasteiger partial charge in [0.2, 0.25) is 5.95 Å². The highest BCUT2D eigenvalue weighted by Gasteiger charge is 2.51. The third kappa shape index (κ3) is 3.00. The molecule has 0 N–H and O–H groups in total. The molecular weight excluding hydrogens is 411 g/mol. The highest BCUT2D eigenvalue weighted by Crippen LogP contribution is 2.47. The van der Waals surface area contributed by atoms with Gasteiger partial charge in [0.05, 0.1) is 5.39 Å². The van der Waals surface area contributed by atoms with Gasteiger partial charge < -0.3 is 4.90 Å². The van der Waals surface area contributed by atoms with Crippen molar-refractivity contribution in [3.05, 3.63) is 34.7 Å². The number of anilines is 1. The molecule has 1 aromatic carbocycles. The Bertz CT molecular complexity index is 1110. The number of rotatable bonds is 3. The molecule has 1 aliphatic heterocycles. The van der Waals surface area contributed by atoms with E-state index in [1.807, 2.05) is 19.0 Å². The normalized spacial score (nSPS) is 18.7. The zero-order valence-electron chi connectivity index (χ0n) is 16.6. The summed E-state index contributed by atoms with van der Waals surface area (Å²) in [6.45, 7) is 4.50. The van der Waals surface area contributed by atoms with Gasteiger partial charge in [0.1, 0.15) is 11.5 Å². The number of halogens is 2. The van der Waals surface area contributed by atoms with Gasteiger partial charge in [-0.25, -0.2) is 18.4 Å². The van der Waals surface area contributed by atoms with Gasteiger partial charge >= 0.3 is 0 Å². The van der Waals surface area contributed by atoms with Crippen LogP contribution in [0.4, 0.5) is 10.3 Å². The van der Waals surface area contributed by atoms with E-state index in [1.165, 1.54) is 12.8 Å². The summed E-state index contributed by atoms with van der Waals surface area (Å²) >= 11 is 7.88. The fourth-order valence-corrected chi connectivity index (χ4v) is 5.23. The lowest BCUT2D eigenvalue weighted by atomic mass is 10.1. The van der Waals surface area contributed by atoms with Crippen molar-refractivity contribution in [2.24, 2.45) is 7.05 Å². The average Bonchev–Trinajstić information content (AvgIpc) is 3.41. The number of hydrogen-bond donors (Lipinski definition) is 0. The molecule has 9 heteroatoms. The first kappa shape index (κ1) is 19.1. The molecule has 6 nitrogen and oxygen atoms in total. The molecule has 2 aromatic heterocycles. The molecule has 5 rings (SSSR count). The molecule has 2 fully saturated rings. The third-order valence-electron chi connectivity index (χ3n) is 6.06. The van der Waals surface area contributed by atoms with E-state index in [4.69, 9.17) is 16.6 Å². The molecule has 1 saturated heterocycles. The van der Waals surface area contributed by atoms with Gasteiger partial charge in [-0.05, 0) is 38.2 Å². The number of piperazine rings is 1. The molecule has 0 unspecified atom stereocenters. The molecule has 0 bridgehead atoms. The summed E-state index contributed by atoms with van der Waals surface area (Å²) in [4.78, 5) is 11.7.